The number of rotatable bonds is 5. The van der Waals surface area contributed by atoms with E-state index in [-0.39, 0.29) is 30.4 Å². The first-order valence-corrected chi connectivity index (χ1v) is 7.27. The van der Waals surface area contributed by atoms with Gasteiger partial charge in [-0.15, -0.1) is 0 Å². The smallest absolute Gasteiger partial charge is 0.270 e. The van der Waals surface area contributed by atoms with Crippen LogP contribution in [0.5, 0.6) is 0 Å². The van der Waals surface area contributed by atoms with Crippen molar-refractivity contribution >= 4 is 22.7 Å². The number of nitrogens with zero attached hydrogens (tertiary/aromatic N) is 2. The second-order valence-electron chi connectivity index (χ2n) is 4.98. The van der Waals surface area contributed by atoms with E-state index in [1.54, 1.807) is 18.2 Å². The van der Waals surface area contributed by atoms with Crippen LogP contribution in [0.25, 0.3) is 0 Å². The van der Waals surface area contributed by atoms with Crippen LogP contribution >= 0.6 is 11.6 Å². The molecule has 0 fully saturated rings. The van der Waals surface area contributed by atoms with E-state index in [2.05, 4.69) is 4.99 Å². The molecule has 1 aromatic carbocycles. The molecule has 1 amide bonds. The predicted molar refractivity (Wildman–Crippen MR) is 81.8 cm³/mol. The second-order valence-corrected chi connectivity index (χ2v) is 5.34. The summed E-state index contributed by atoms with van der Waals surface area (Å²) in [5.41, 5.74) is 6.15. The zero-order valence-corrected chi connectivity index (χ0v) is 12.9. The molecule has 0 radical (unpaired) electrons. The fourth-order valence-corrected chi connectivity index (χ4v) is 2.47. The molecule has 2 N–H and O–H groups in total. The Labute approximate surface area is 136 Å². The van der Waals surface area contributed by atoms with Crippen molar-refractivity contribution in [3.05, 3.63) is 46.9 Å². The highest BCUT2D eigenvalue weighted by Crippen LogP contribution is 2.21. The summed E-state index contributed by atoms with van der Waals surface area (Å²) in [6, 6.07) is 6.10. The maximum Gasteiger partial charge on any atom is 0.270 e. The molecule has 2 rings (SSSR count). The summed E-state index contributed by atoms with van der Waals surface area (Å²) in [5, 5.41) is -0.00389. The summed E-state index contributed by atoms with van der Waals surface area (Å²) in [5.74, 6) is -1.10. The molecule has 124 valence electrons. The van der Waals surface area contributed by atoms with Crippen LogP contribution < -0.4 is 5.73 Å². The van der Waals surface area contributed by atoms with Gasteiger partial charge < -0.3 is 10.6 Å². The SMILES string of the molecule is NC1=C(C(Cl)=NCc2ccccc2F)CCN(CC(F)F)C1=O. The van der Waals surface area contributed by atoms with Gasteiger partial charge in [-0.2, -0.15) is 0 Å². The Kier molecular flexibility index (Phi) is 5.65. The van der Waals surface area contributed by atoms with Gasteiger partial charge in [0.25, 0.3) is 12.3 Å². The molecule has 0 aromatic heterocycles. The van der Waals surface area contributed by atoms with Crippen molar-refractivity contribution in [1.29, 1.82) is 0 Å². The van der Waals surface area contributed by atoms with E-state index in [0.29, 0.717) is 11.1 Å². The van der Waals surface area contributed by atoms with Crippen molar-refractivity contribution in [2.24, 2.45) is 10.7 Å². The van der Waals surface area contributed by atoms with E-state index in [1.165, 1.54) is 6.07 Å². The summed E-state index contributed by atoms with van der Waals surface area (Å²) < 4.78 is 38.3. The Bertz CT molecular complexity index is 661. The second kappa shape index (κ2) is 7.50. The number of aliphatic imine (C=N–C) groups is 1. The average molecular weight is 346 g/mol. The van der Waals surface area contributed by atoms with Crippen LogP contribution in [0.2, 0.25) is 0 Å². The van der Waals surface area contributed by atoms with Crippen LogP contribution in [0.1, 0.15) is 12.0 Å². The number of carbonyl (C=O) groups excluding carboxylic acids is 1. The number of halogens is 4. The minimum Gasteiger partial charge on any atom is -0.394 e. The van der Waals surface area contributed by atoms with Crippen LogP contribution in [0, 0.1) is 5.82 Å². The van der Waals surface area contributed by atoms with Gasteiger partial charge in [0, 0.05) is 17.7 Å². The van der Waals surface area contributed by atoms with Gasteiger partial charge >= 0.3 is 0 Å². The third-order valence-electron chi connectivity index (χ3n) is 3.43. The molecule has 0 saturated carbocycles. The molecule has 1 aliphatic heterocycles. The predicted octanol–water partition coefficient (Wildman–Crippen LogP) is 2.67. The summed E-state index contributed by atoms with van der Waals surface area (Å²) >= 11 is 6.05. The molecule has 4 nitrogen and oxygen atoms in total. The fourth-order valence-electron chi connectivity index (χ4n) is 2.21. The van der Waals surface area contributed by atoms with Gasteiger partial charge in [-0.1, -0.05) is 29.8 Å². The summed E-state index contributed by atoms with van der Waals surface area (Å²) in [6.07, 6.45) is -2.40. The van der Waals surface area contributed by atoms with Gasteiger partial charge in [-0.3, -0.25) is 9.79 Å². The first kappa shape index (κ1) is 17.3. The molecule has 0 spiro atoms. The standard InChI is InChI=1S/C15H15ClF3N3O/c16-14(21-7-9-3-1-2-4-11(9)17)10-5-6-22(8-12(18)19)15(23)13(10)20/h1-4,12H,5-8,20H2. The van der Waals surface area contributed by atoms with Crippen LogP contribution in [-0.4, -0.2) is 35.5 Å². The Hall–Kier alpha value is -2.02. The maximum absolute atomic E-state index is 13.5. The van der Waals surface area contributed by atoms with Crippen molar-refractivity contribution in [1.82, 2.24) is 4.90 Å². The highest BCUT2D eigenvalue weighted by Gasteiger charge is 2.28. The van der Waals surface area contributed by atoms with Crippen LogP contribution in [0.3, 0.4) is 0 Å². The number of amides is 1. The van der Waals surface area contributed by atoms with Crippen LogP contribution in [0.4, 0.5) is 13.2 Å². The van der Waals surface area contributed by atoms with E-state index in [1.807, 2.05) is 0 Å². The molecular formula is C15H15ClF3N3O. The molecule has 0 atom stereocenters. The summed E-state index contributed by atoms with van der Waals surface area (Å²) in [4.78, 5) is 17.0. The first-order chi connectivity index (χ1) is 10.9. The molecule has 23 heavy (non-hydrogen) atoms. The van der Waals surface area contributed by atoms with Gasteiger partial charge in [0.1, 0.15) is 16.7 Å². The van der Waals surface area contributed by atoms with Crippen LogP contribution in [-0.2, 0) is 11.3 Å². The molecule has 1 heterocycles. The Morgan fingerprint density at radius 1 is 1.39 bits per heavy atom. The van der Waals surface area contributed by atoms with Gasteiger partial charge in [-0.25, -0.2) is 13.2 Å². The zero-order valence-electron chi connectivity index (χ0n) is 12.1. The lowest BCUT2D eigenvalue weighted by Gasteiger charge is -2.28. The third kappa shape index (κ3) is 4.25. The topological polar surface area (TPSA) is 58.7 Å². The average Bonchev–Trinajstić information content (AvgIpc) is 2.50. The zero-order chi connectivity index (χ0) is 17.0. The number of alkyl halides is 2. The Morgan fingerprint density at radius 2 is 2.09 bits per heavy atom. The van der Waals surface area contributed by atoms with Crippen LogP contribution in [0.15, 0.2) is 40.5 Å². The molecular weight excluding hydrogens is 331 g/mol. The van der Waals surface area contributed by atoms with Gasteiger partial charge in [0.2, 0.25) is 0 Å². The number of hydrogen-bond acceptors (Lipinski definition) is 3. The van der Waals surface area contributed by atoms with Crippen molar-refractivity contribution in [3.63, 3.8) is 0 Å². The van der Waals surface area contributed by atoms with E-state index >= 15 is 0 Å². The maximum atomic E-state index is 13.5. The van der Waals surface area contributed by atoms with Crippen molar-refractivity contribution < 1.29 is 18.0 Å². The highest BCUT2D eigenvalue weighted by atomic mass is 35.5. The molecule has 0 unspecified atom stereocenters. The molecule has 0 bridgehead atoms. The molecule has 1 aromatic rings. The molecule has 1 aliphatic rings. The fraction of sp³-hybridized carbons (Fsp3) is 0.333. The van der Waals surface area contributed by atoms with E-state index in [0.717, 1.165) is 4.90 Å². The van der Waals surface area contributed by atoms with Crippen molar-refractivity contribution in [2.45, 2.75) is 19.4 Å². The minimum absolute atomic E-state index is 0.00275. The lowest BCUT2D eigenvalue weighted by atomic mass is 10.1. The number of benzene rings is 1. The normalized spacial score (nSPS) is 16.5. The Morgan fingerprint density at radius 3 is 2.74 bits per heavy atom. The lowest BCUT2D eigenvalue weighted by molar-refractivity contribution is -0.129. The van der Waals surface area contributed by atoms with E-state index in [9.17, 15) is 18.0 Å². The first-order valence-electron chi connectivity index (χ1n) is 6.90. The quantitative estimate of drug-likeness (QED) is 0.834. The summed E-state index contributed by atoms with van der Waals surface area (Å²) in [6.45, 7) is -0.585. The summed E-state index contributed by atoms with van der Waals surface area (Å²) in [7, 11) is 0. The minimum atomic E-state index is -2.63. The number of hydrogen-bond donors (Lipinski definition) is 1. The largest absolute Gasteiger partial charge is 0.394 e. The monoisotopic (exact) mass is 345 g/mol. The van der Waals surface area contributed by atoms with E-state index < -0.39 is 24.7 Å². The van der Waals surface area contributed by atoms with E-state index in [4.69, 9.17) is 17.3 Å². The lowest BCUT2D eigenvalue weighted by Crippen LogP contribution is -2.43. The number of carbonyl (C=O) groups is 1. The Balaban J connectivity index is 2.14. The molecule has 0 saturated heterocycles. The van der Waals surface area contributed by atoms with Crippen molar-refractivity contribution in [2.75, 3.05) is 13.1 Å². The third-order valence-corrected chi connectivity index (χ3v) is 3.78. The van der Waals surface area contributed by atoms with Crippen molar-refractivity contribution in [3.8, 4) is 0 Å². The van der Waals surface area contributed by atoms with Gasteiger partial charge in [-0.05, 0) is 12.5 Å². The number of nitrogens with two attached hydrogens (primary N) is 1. The van der Waals surface area contributed by atoms with Gasteiger partial charge in [0.15, 0.2) is 0 Å². The van der Waals surface area contributed by atoms with Gasteiger partial charge in [0.05, 0.1) is 13.1 Å². The highest BCUT2D eigenvalue weighted by molar-refractivity contribution is 6.69. The molecule has 0 aliphatic carbocycles. The molecule has 8 heteroatoms.